The van der Waals surface area contributed by atoms with Crippen molar-refractivity contribution in [2.75, 3.05) is 113 Å². The Labute approximate surface area is 368 Å². The van der Waals surface area contributed by atoms with Crippen LogP contribution < -0.4 is 39.5 Å². The first-order valence-corrected chi connectivity index (χ1v) is 21.6. The SMILES string of the molecule is COc1ccc(NC(=O)C(c2ccc(-c3cccnc3)c3ccccc23)N(C(=O)Nc2ccc(OC)c(N3CCN(C)CC3)c2)c2ccc3c(c2)CCO3)cc1N1CCN(C)CC1. The summed E-state index contributed by atoms with van der Waals surface area (Å²) in [7, 11) is 7.57. The second kappa shape index (κ2) is 18.3. The van der Waals surface area contributed by atoms with Crippen LogP contribution in [0.15, 0.2) is 116 Å². The Morgan fingerprint density at radius 3 is 1.95 bits per heavy atom. The molecule has 63 heavy (non-hydrogen) atoms. The van der Waals surface area contributed by atoms with Crippen LogP contribution in [0.1, 0.15) is 17.2 Å². The predicted octanol–water partition coefficient (Wildman–Crippen LogP) is 7.78. The quantitative estimate of drug-likeness (QED) is 0.134. The molecule has 13 heteroatoms. The summed E-state index contributed by atoms with van der Waals surface area (Å²) in [6.45, 7) is 7.45. The molecule has 324 valence electrons. The summed E-state index contributed by atoms with van der Waals surface area (Å²) in [6, 6.07) is 31.4. The number of nitrogens with one attached hydrogen (secondary N) is 2. The van der Waals surface area contributed by atoms with Crippen LogP contribution in [0.3, 0.4) is 0 Å². The van der Waals surface area contributed by atoms with Gasteiger partial charge in [0, 0.05) is 93.8 Å². The van der Waals surface area contributed by atoms with Crippen molar-refractivity contribution in [1.29, 1.82) is 0 Å². The average Bonchev–Trinajstić information content (AvgIpc) is 3.79. The van der Waals surface area contributed by atoms with Crippen LogP contribution in [-0.2, 0) is 11.2 Å². The van der Waals surface area contributed by atoms with Gasteiger partial charge in [-0.3, -0.25) is 14.7 Å². The summed E-state index contributed by atoms with van der Waals surface area (Å²) < 4.78 is 17.6. The van der Waals surface area contributed by atoms with Gasteiger partial charge in [0.2, 0.25) is 0 Å². The highest BCUT2D eigenvalue weighted by Crippen LogP contribution is 2.41. The molecule has 0 saturated carbocycles. The number of likely N-dealkylation sites (N-methyl/N-ethyl adjacent to an activating group) is 2. The lowest BCUT2D eigenvalue weighted by atomic mass is 9.91. The van der Waals surface area contributed by atoms with Crippen LogP contribution in [-0.4, -0.2) is 114 Å². The normalized spacial score (nSPS) is 15.9. The number of carbonyl (C=O) groups excluding carboxylic acids is 2. The Balaban J connectivity index is 1.17. The highest BCUT2D eigenvalue weighted by molar-refractivity contribution is 6.12. The number of fused-ring (bicyclic) bond motifs is 2. The van der Waals surface area contributed by atoms with Gasteiger partial charge in [0.05, 0.1) is 32.2 Å². The number of benzene rings is 5. The Kier molecular flexibility index (Phi) is 12.0. The number of carbonyl (C=O) groups is 2. The van der Waals surface area contributed by atoms with Crippen molar-refractivity contribution in [2.45, 2.75) is 12.5 Å². The lowest BCUT2D eigenvalue weighted by Gasteiger charge is -2.35. The molecule has 9 rings (SSSR count). The maximum absolute atomic E-state index is 15.5. The molecule has 1 atom stereocenters. The number of ether oxygens (including phenoxy) is 3. The minimum atomic E-state index is -1.15. The van der Waals surface area contributed by atoms with Gasteiger partial charge < -0.3 is 44.4 Å². The molecule has 4 heterocycles. The van der Waals surface area contributed by atoms with E-state index in [0.717, 1.165) is 108 Å². The number of hydrogen-bond acceptors (Lipinski definition) is 10. The molecule has 5 aromatic carbocycles. The van der Waals surface area contributed by atoms with Crippen LogP contribution in [0.5, 0.6) is 17.2 Å². The molecule has 3 amide bonds. The van der Waals surface area contributed by atoms with Gasteiger partial charge in [-0.1, -0.05) is 42.5 Å². The smallest absolute Gasteiger partial charge is 0.327 e. The largest absolute Gasteiger partial charge is 0.495 e. The second-order valence-electron chi connectivity index (χ2n) is 16.4. The third-order valence-electron chi connectivity index (χ3n) is 12.5. The van der Waals surface area contributed by atoms with E-state index in [1.165, 1.54) is 0 Å². The van der Waals surface area contributed by atoms with Crippen molar-refractivity contribution in [1.82, 2.24) is 14.8 Å². The van der Waals surface area contributed by atoms with E-state index in [4.69, 9.17) is 14.2 Å². The molecular formula is C50H54N8O5. The summed E-state index contributed by atoms with van der Waals surface area (Å²) in [4.78, 5) is 46.1. The van der Waals surface area contributed by atoms with E-state index in [1.54, 1.807) is 25.3 Å². The molecular weight excluding hydrogens is 793 g/mol. The van der Waals surface area contributed by atoms with E-state index in [-0.39, 0.29) is 5.91 Å². The van der Waals surface area contributed by atoms with Crippen molar-refractivity contribution in [3.63, 3.8) is 0 Å². The van der Waals surface area contributed by atoms with Gasteiger partial charge in [0.1, 0.15) is 23.3 Å². The molecule has 6 aromatic rings. The van der Waals surface area contributed by atoms with E-state index >= 15 is 9.59 Å². The van der Waals surface area contributed by atoms with Crippen molar-refractivity contribution in [2.24, 2.45) is 0 Å². The molecule has 3 aliphatic heterocycles. The first-order chi connectivity index (χ1) is 30.8. The zero-order valence-corrected chi connectivity index (χ0v) is 36.3. The van der Waals surface area contributed by atoms with Gasteiger partial charge in [0.15, 0.2) is 0 Å². The van der Waals surface area contributed by atoms with Crippen molar-refractivity contribution in [3.8, 4) is 28.4 Å². The minimum Gasteiger partial charge on any atom is -0.495 e. The van der Waals surface area contributed by atoms with E-state index in [0.29, 0.717) is 35.7 Å². The van der Waals surface area contributed by atoms with Gasteiger partial charge in [-0.15, -0.1) is 0 Å². The summed E-state index contributed by atoms with van der Waals surface area (Å²) in [6.07, 6.45) is 4.28. The van der Waals surface area contributed by atoms with Crippen LogP contribution in [0.25, 0.3) is 21.9 Å². The van der Waals surface area contributed by atoms with Gasteiger partial charge in [0.25, 0.3) is 5.91 Å². The van der Waals surface area contributed by atoms with Crippen LogP contribution in [0.4, 0.5) is 33.2 Å². The van der Waals surface area contributed by atoms with E-state index < -0.39 is 12.1 Å². The first kappa shape index (κ1) is 41.5. The minimum absolute atomic E-state index is 0.386. The molecule has 1 aromatic heterocycles. The Morgan fingerprint density at radius 1 is 0.698 bits per heavy atom. The van der Waals surface area contributed by atoms with E-state index in [9.17, 15) is 0 Å². The molecule has 0 aliphatic carbocycles. The number of hydrogen-bond donors (Lipinski definition) is 2. The predicted molar refractivity (Wildman–Crippen MR) is 251 cm³/mol. The number of anilines is 5. The topological polar surface area (TPSA) is 115 Å². The Bertz CT molecular complexity index is 2610. The highest BCUT2D eigenvalue weighted by Gasteiger charge is 2.36. The first-order valence-electron chi connectivity index (χ1n) is 21.6. The molecule has 3 aliphatic rings. The molecule has 2 saturated heterocycles. The molecule has 13 nitrogen and oxygen atoms in total. The molecule has 2 fully saturated rings. The fourth-order valence-corrected chi connectivity index (χ4v) is 8.96. The van der Waals surface area contributed by atoms with Gasteiger partial charge >= 0.3 is 6.03 Å². The fraction of sp³-hybridized carbons (Fsp3) is 0.300. The van der Waals surface area contributed by atoms with Crippen molar-refractivity contribution < 1.29 is 23.8 Å². The van der Waals surface area contributed by atoms with Gasteiger partial charge in [-0.2, -0.15) is 0 Å². The zero-order chi connectivity index (χ0) is 43.5. The third-order valence-corrected chi connectivity index (χ3v) is 12.5. The number of rotatable bonds is 11. The standard InChI is InChI=1S/C50H54N8O5/c1-54-21-25-56(26-22-54)43-31-36(11-16-46(43)61-3)52-49(59)48(42-15-14-39(35-8-7-20-51-33-35)40-9-5-6-10-41(40)42)58(38-13-18-45-34(30-38)19-29-63-45)50(60)53-37-12-17-47(62-4)44(32-37)57-27-23-55(2)24-28-57/h5-18,20,30-33,48H,19,21-29H2,1-4H3,(H,52,59)(H,53,60). The lowest BCUT2D eigenvalue weighted by molar-refractivity contribution is -0.117. The lowest BCUT2D eigenvalue weighted by Crippen LogP contribution is -2.45. The number of methoxy groups -OCH3 is 2. The maximum Gasteiger partial charge on any atom is 0.327 e. The Morgan fingerprint density at radius 2 is 1.33 bits per heavy atom. The zero-order valence-electron chi connectivity index (χ0n) is 36.3. The average molecular weight is 847 g/mol. The van der Waals surface area contributed by atoms with Crippen LogP contribution >= 0.6 is 0 Å². The maximum atomic E-state index is 15.5. The number of aromatic nitrogens is 1. The highest BCUT2D eigenvalue weighted by atomic mass is 16.5. The van der Waals surface area contributed by atoms with E-state index in [2.05, 4.69) is 55.4 Å². The van der Waals surface area contributed by atoms with Crippen LogP contribution in [0, 0.1) is 0 Å². The summed E-state index contributed by atoms with van der Waals surface area (Å²) >= 11 is 0. The number of pyridine rings is 1. The number of amides is 3. The summed E-state index contributed by atoms with van der Waals surface area (Å²) in [5.41, 5.74) is 7.05. The van der Waals surface area contributed by atoms with Crippen molar-refractivity contribution in [3.05, 3.63) is 127 Å². The molecule has 0 spiro atoms. The van der Waals surface area contributed by atoms with Crippen molar-refractivity contribution >= 4 is 51.1 Å². The summed E-state index contributed by atoms with van der Waals surface area (Å²) in [5, 5.41) is 8.25. The molecule has 1 unspecified atom stereocenters. The second-order valence-corrected chi connectivity index (χ2v) is 16.4. The monoisotopic (exact) mass is 846 g/mol. The fourth-order valence-electron chi connectivity index (χ4n) is 8.96. The molecule has 0 bridgehead atoms. The van der Waals surface area contributed by atoms with Gasteiger partial charge in [-0.25, -0.2) is 4.79 Å². The molecule has 2 N–H and O–H groups in total. The summed E-state index contributed by atoms with van der Waals surface area (Å²) in [5.74, 6) is 1.83. The van der Waals surface area contributed by atoms with Gasteiger partial charge in [-0.05, 0) is 102 Å². The molecule has 0 radical (unpaired) electrons. The third kappa shape index (κ3) is 8.66. The number of piperazine rings is 2. The van der Waals surface area contributed by atoms with E-state index in [1.807, 2.05) is 103 Å². The number of nitrogens with zero attached hydrogens (tertiary/aromatic N) is 6. The number of urea groups is 1. The van der Waals surface area contributed by atoms with Crippen LogP contribution in [0.2, 0.25) is 0 Å². The Hall–Kier alpha value is -6.83.